The highest BCUT2D eigenvalue weighted by atomic mass is 16.5. The summed E-state index contributed by atoms with van der Waals surface area (Å²) in [5.74, 6) is 0.666. The second kappa shape index (κ2) is 10.1. The van der Waals surface area contributed by atoms with Gasteiger partial charge in [0, 0.05) is 48.8 Å². The fraction of sp³-hybridized carbons (Fsp3) is 0.385. The smallest absolute Gasteiger partial charge is 0.237 e. The third kappa shape index (κ3) is 5.03. The summed E-state index contributed by atoms with van der Waals surface area (Å²) in [6.45, 7) is 6.90. The Hall–Kier alpha value is -3.32. The molecule has 0 saturated carbocycles. The van der Waals surface area contributed by atoms with E-state index in [0.29, 0.717) is 32.8 Å². The van der Waals surface area contributed by atoms with Crippen molar-refractivity contribution in [2.24, 2.45) is 0 Å². The third-order valence-corrected chi connectivity index (χ3v) is 6.35. The van der Waals surface area contributed by atoms with Gasteiger partial charge in [0.25, 0.3) is 0 Å². The molecule has 1 aliphatic rings. The molecule has 1 aliphatic heterocycles. The lowest BCUT2D eigenvalue weighted by Gasteiger charge is -2.35. The topological polar surface area (TPSA) is 77.7 Å². The van der Waals surface area contributed by atoms with Gasteiger partial charge in [-0.3, -0.25) is 14.5 Å². The van der Waals surface area contributed by atoms with Crippen LogP contribution >= 0.6 is 0 Å². The molecule has 4 rings (SSSR count). The van der Waals surface area contributed by atoms with Crippen LogP contribution in [0, 0.1) is 6.92 Å². The zero-order chi connectivity index (χ0) is 23.4. The molecule has 2 heterocycles. The number of rotatable bonds is 8. The minimum absolute atomic E-state index is 0.0572. The fourth-order valence-electron chi connectivity index (χ4n) is 4.47. The summed E-state index contributed by atoms with van der Waals surface area (Å²) < 4.78 is 5.76. The first kappa shape index (κ1) is 22.9. The highest BCUT2D eigenvalue weighted by molar-refractivity contribution is 5.89. The van der Waals surface area contributed by atoms with Crippen LogP contribution in [0.2, 0.25) is 0 Å². The number of aromatic amines is 1. The van der Waals surface area contributed by atoms with Crippen molar-refractivity contribution in [2.75, 3.05) is 26.7 Å². The van der Waals surface area contributed by atoms with Crippen molar-refractivity contribution in [3.05, 3.63) is 65.4 Å². The van der Waals surface area contributed by atoms with Crippen molar-refractivity contribution >= 4 is 22.7 Å². The van der Waals surface area contributed by atoms with E-state index in [9.17, 15) is 9.59 Å². The highest BCUT2D eigenvalue weighted by Gasteiger charge is 2.33. The summed E-state index contributed by atoms with van der Waals surface area (Å²) in [4.78, 5) is 33.1. The van der Waals surface area contributed by atoms with Crippen LogP contribution in [0.5, 0.6) is 5.75 Å². The maximum atomic E-state index is 13.1. The Morgan fingerprint density at radius 1 is 1.18 bits per heavy atom. The van der Waals surface area contributed by atoms with Gasteiger partial charge in [-0.05, 0) is 31.5 Å². The van der Waals surface area contributed by atoms with Crippen molar-refractivity contribution in [3.63, 3.8) is 0 Å². The van der Waals surface area contributed by atoms with Gasteiger partial charge >= 0.3 is 0 Å². The molecule has 1 atom stereocenters. The standard InChI is InChI=1S/C26H32N4O3/c1-4-33-24-12-8-5-9-19(24)16-30-14-13-27-26(32)23(30)15-25(31)29(3)17-22-18(2)20-10-6-7-11-21(20)28-22/h5-12,23,28H,4,13-17H2,1-3H3,(H,27,32). The van der Waals surface area contributed by atoms with Gasteiger partial charge in [-0.2, -0.15) is 0 Å². The van der Waals surface area contributed by atoms with E-state index in [1.54, 1.807) is 11.9 Å². The van der Waals surface area contributed by atoms with E-state index in [0.717, 1.165) is 28.1 Å². The first-order chi connectivity index (χ1) is 16.0. The van der Waals surface area contributed by atoms with Gasteiger partial charge in [-0.1, -0.05) is 36.4 Å². The molecule has 0 bridgehead atoms. The summed E-state index contributed by atoms with van der Waals surface area (Å²) in [7, 11) is 1.79. The van der Waals surface area contributed by atoms with Gasteiger partial charge in [0.1, 0.15) is 5.75 Å². The van der Waals surface area contributed by atoms with Crippen molar-refractivity contribution in [1.29, 1.82) is 0 Å². The zero-order valence-corrected chi connectivity index (χ0v) is 19.6. The number of amides is 2. The molecule has 7 heteroatoms. The number of ether oxygens (including phenoxy) is 1. The van der Waals surface area contributed by atoms with Crippen molar-refractivity contribution < 1.29 is 14.3 Å². The lowest BCUT2D eigenvalue weighted by atomic mass is 10.1. The number of nitrogens with one attached hydrogen (secondary N) is 2. The van der Waals surface area contributed by atoms with Crippen LogP contribution < -0.4 is 10.1 Å². The summed E-state index contributed by atoms with van der Waals surface area (Å²) in [5, 5.41) is 4.09. The SMILES string of the molecule is CCOc1ccccc1CN1CCNC(=O)C1CC(=O)N(C)Cc1[nH]c2ccccc2c1C. The van der Waals surface area contributed by atoms with E-state index in [2.05, 4.69) is 28.2 Å². The fourth-order valence-corrected chi connectivity index (χ4v) is 4.47. The molecule has 2 amide bonds. The Bertz CT molecular complexity index is 1140. The monoisotopic (exact) mass is 448 g/mol. The van der Waals surface area contributed by atoms with E-state index in [1.807, 2.05) is 49.4 Å². The molecule has 3 aromatic rings. The minimum atomic E-state index is -0.507. The van der Waals surface area contributed by atoms with E-state index >= 15 is 0 Å². The first-order valence-electron chi connectivity index (χ1n) is 11.5. The second-order valence-corrected chi connectivity index (χ2v) is 8.55. The average Bonchev–Trinajstić information content (AvgIpc) is 3.12. The molecular weight excluding hydrogens is 416 g/mol. The number of carbonyl (C=O) groups excluding carboxylic acids is 2. The summed E-state index contributed by atoms with van der Waals surface area (Å²) in [5.41, 5.74) is 4.25. The summed E-state index contributed by atoms with van der Waals surface area (Å²) >= 11 is 0. The normalized spacial score (nSPS) is 16.6. The molecule has 7 nitrogen and oxygen atoms in total. The number of hydrogen-bond donors (Lipinski definition) is 2. The Balaban J connectivity index is 1.46. The first-order valence-corrected chi connectivity index (χ1v) is 11.5. The predicted octanol–water partition coefficient (Wildman–Crippen LogP) is 3.22. The van der Waals surface area contributed by atoms with Crippen molar-refractivity contribution in [1.82, 2.24) is 20.1 Å². The minimum Gasteiger partial charge on any atom is -0.494 e. The number of nitrogens with zero attached hydrogens (tertiary/aromatic N) is 2. The van der Waals surface area contributed by atoms with Crippen LogP contribution in [0.4, 0.5) is 0 Å². The number of hydrogen-bond acceptors (Lipinski definition) is 4. The van der Waals surface area contributed by atoms with Crippen LogP contribution in [0.1, 0.15) is 30.2 Å². The Morgan fingerprint density at radius 2 is 1.94 bits per heavy atom. The van der Waals surface area contributed by atoms with Crippen molar-refractivity contribution in [2.45, 2.75) is 39.4 Å². The van der Waals surface area contributed by atoms with Crippen LogP contribution in [0.15, 0.2) is 48.5 Å². The molecule has 1 saturated heterocycles. The number of carbonyl (C=O) groups is 2. The lowest BCUT2D eigenvalue weighted by molar-refractivity contribution is -0.138. The van der Waals surface area contributed by atoms with E-state index in [1.165, 1.54) is 5.39 Å². The molecule has 2 aromatic carbocycles. The van der Waals surface area contributed by atoms with E-state index in [4.69, 9.17) is 4.74 Å². The number of aromatic nitrogens is 1. The van der Waals surface area contributed by atoms with E-state index in [-0.39, 0.29) is 18.2 Å². The number of benzene rings is 2. The van der Waals surface area contributed by atoms with Crippen LogP contribution in [0.25, 0.3) is 10.9 Å². The lowest BCUT2D eigenvalue weighted by Crippen LogP contribution is -2.56. The molecule has 2 N–H and O–H groups in total. The number of aryl methyl sites for hydroxylation is 1. The molecule has 0 aliphatic carbocycles. The Kier molecular flexibility index (Phi) is 6.99. The Labute approximate surface area is 194 Å². The predicted molar refractivity (Wildman–Crippen MR) is 129 cm³/mol. The Morgan fingerprint density at radius 3 is 2.73 bits per heavy atom. The zero-order valence-electron chi connectivity index (χ0n) is 19.6. The second-order valence-electron chi connectivity index (χ2n) is 8.55. The number of H-pyrrole nitrogens is 1. The summed E-state index contributed by atoms with van der Waals surface area (Å²) in [6, 6.07) is 15.5. The molecule has 0 spiro atoms. The molecule has 1 fully saturated rings. The van der Waals surface area contributed by atoms with Gasteiger partial charge < -0.3 is 19.9 Å². The van der Waals surface area contributed by atoms with Gasteiger partial charge in [0.15, 0.2) is 0 Å². The van der Waals surface area contributed by atoms with E-state index < -0.39 is 6.04 Å². The largest absolute Gasteiger partial charge is 0.494 e. The maximum absolute atomic E-state index is 13.1. The molecule has 33 heavy (non-hydrogen) atoms. The number of para-hydroxylation sites is 2. The van der Waals surface area contributed by atoms with Gasteiger partial charge in [0.2, 0.25) is 11.8 Å². The van der Waals surface area contributed by atoms with Gasteiger partial charge in [0.05, 0.1) is 25.6 Å². The average molecular weight is 449 g/mol. The molecule has 1 unspecified atom stereocenters. The quantitative estimate of drug-likeness (QED) is 0.555. The number of piperazine rings is 1. The molecule has 1 aromatic heterocycles. The highest BCUT2D eigenvalue weighted by Crippen LogP contribution is 2.24. The number of fused-ring (bicyclic) bond motifs is 1. The third-order valence-electron chi connectivity index (χ3n) is 6.35. The summed E-state index contributed by atoms with van der Waals surface area (Å²) in [6.07, 6.45) is 0.137. The van der Waals surface area contributed by atoms with Crippen LogP contribution in [0.3, 0.4) is 0 Å². The molecule has 174 valence electrons. The van der Waals surface area contributed by atoms with Crippen LogP contribution in [-0.2, 0) is 22.7 Å². The molecular formula is C26H32N4O3. The van der Waals surface area contributed by atoms with Crippen LogP contribution in [-0.4, -0.2) is 59.4 Å². The van der Waals surface area contributed by atoms with Gasteiger partial charge in [-0.25, -0.2) is 0 Å². The van der Waals surface area contributed by atoms with Gasteiger partial charge in [-0.15, -0.1) is 0 Å². The van der Waals surface area contributed by atoms with Crippen molar-refractivity contribution in [3.8, 4) is 5.75 Å². The maximum Gasteiger partial charge on any atom is 0.237 e. The molecule has 0 radical (unpaired) electrons.